The van der Waals surface area contributed by atoms with Crippen molar-refractivity contribution in [2.45, 2.75) is 26.5 Å². The van der Waals surface area contributed by atoms with Crippen LogP contribution in [0.3, 0.4) is 0 Å². The third kappa shape index (κ3) is 7.15. The van der Waals surface area contributed by atoms with Crippen molar-refractivity contribution in [3.8, 4) is 5.75 Å². The van der Waals surface area contributed by atoms with E-state index >= 15 is 0 Å². The summed E-state index contributed by atoms with van der Waals surface area (Å²) < 4.78 is 11.2. The Balaban J connectivity index is 2.14. The summed E-state index contributed by atoms with van der Waals surface area (Å²) in [7, 11) is 2.07. The second-order valence-corrected chi connectivity index (χ2v) is 4.92. The number of hydrogen-bond acceptors (Lipinski definition) is 4. The zero-order valence-corrected chi connectivity index (χ0v) is 12.3. The van der Waals surface area contributed by atoms with E-state index in [2.05, 4.69) is 11.9 Å². The third-order valence-corrected chi connectivity index (χ3v) is 2.82. The van der Waals surface area contributed by atoms with E-state index in [1.54, 1.807) is 0 Å². The first-order chi connectivity index (χ1) is 9.11. The molecular weight excluding hydrogens is 240 g/mol. The summed E-state index contributed by atoms with van der Waals surface area (Å²) in [5, 5.41) is 0. The maximum Gasteiger partial charge on any atom is 0.119 e. The van der Waals surface area contributed by atoms with E-state index in [1.165, 1.54) is 0 Å². The molecule has 0 bridgehead atoms. The van der Waals surface area contributed by atoms with Gasteiger partial charge in [-0.2, -0.15) is 0 Å². The Morgan fingerprint density at radius 2 is 1.74 bits per heavy atom. The summed E-state index contributed by atoms with van der Waals surface area (Å²) in [6.07, 6.45) is 0.297. The molecule has 0 unspecified atom stereocenters. The quantitative estimate of drug-likeness (QED) is 0.741. The van der Waals surface area contributed by atoms with Gasteiger partial charge in [-0.25, -0.2) is 0 Å². The highest BCUT2D eigenvalue weighted by molar-refractivity contribution is 5.27. The lowest BCUT2D eigenvalue weighted by Gasteiger charge is -2.17. The molecule has 0 aliphatic heterocycles. The molecule has 0 aromatic heterocycles. The molecule has 1 aromatic carbocycles. The Bertz CT molecular complexity index is 339. The molecule has 0 fully saturated rings. The SMILES string of the molecule is CC(C)OCCN(C)CCOc1ccc(CN)cc1. The fraction of sp³-hybridized carbons (Fsp3) is 0.600. The number of likely N-dealkylation sites (N-methyl/N-ethyl adjacent to an activating group) is 1. The second-order valence-electron chi connectivity index (χ2n) is 4.92. The zero-order chi connectivity index (χ0) is 14.1. The summed E-state index contributed by atoms with van der Waals surface area (Å²) in [5.74, 6) is 0.893. The molecule has 0 heterocycles. The number of nitrogens with two attached hydrogens (primary N) is 1. The second kappa shape index (κ2) is 8.91. The van der Waals surface area contributed by atoms with Crippen molar-refractivity contribution in [2.24, 2.45) is 5.73 Å². The van der Waals surface area contributed by atoms with Gasteiger partial charge in [-0.05, 0) is 38.6 Å². The van der Waals surface area contributed by atoms with Gasteiger partial charge in [0.05, 0.1) is 12.7 Å². The molecule has 1 aromatic rings. The lowest BCUT2D eigenvalue weighted by molar-refractivity contribution is 0.0616. The maximum absolute atomic E-state index is 5.68. The van der Waals surface area contributed by atoms with Crippen LogP contribution in [0.5, 0.6) is 5.75 Å². The fourth-order valence-electron chi connectivity index (χ4n) is 1.60. The minimum Gasteiger partial charge on any atom is -0.492 e. The predicted octanol–water partition coefficient (Wildman–Crippen LogP) is 1.88. The van der Waals surface area contributed by atoms with Gasteiger partial charge in [0.15, 0.2) is 0 Å². The van der Waals surface area contributed by atoms with Gasteiger partial charge in [0, 0.05) is 19.6 Å². The van der Waals surface area contributed by atoms with Crippen LogP contribution in [0.2, 0.25) is 0 Å². The van der Waals surface area contributed by atoms with Gasteiger partial charge in [0.1, 0.15) is 12.4 Å². The van der Waals surface area contributed by atoms with Crippen LogP contribution in [0.25, 0.3) is 0 Å². The third-order valence-electron chi connectivity index (χ3n) is 2.82. The maximum atomic E-state index is 5.68. The lowest BCUT2D eigenvalue weighted by Crippen LogP contribution is -2.28. The molecule has 0 aliphatic rings. The van der Waals surface area contributed by atoms with Gasteiger partial charge in [-0.1, -0.05) is 12.1 Å². The van der Waals surface area contributed by atoms with Crippen LogP contribution >= 0.6 is 0 Å². The van der Waals surface area contributed by atoms with Crippen LogP contribution < -0.4 is 10.5 Å². The molecule has 0 saturated carbocycles. The van der Waals surface area contributed by atoms with Gasteiger partial charge in [-0.3, -0.25) is 0 Å². The van der Waals surface area contributed by atoms with E-state index in [0.29, 0.717) is 19.3 Å². The molecule has 108 valence electrons. The van der Waals surface area contributed by atoms with Gasteiger partial charge in [0.2, 0.25) is 0 Å². The lowest BCUT2D eigenvalue weighted by atomic mass is 10.2. The van der Waals surface area contributed by atoms with E-state index in [4.69, 9.17) is 15.2 Å². The van der Waals surface area contributed by atoms with Crippen LogP contribution in [-0.2, 0) is 11.3 Å². The van der Waals surface area contributed by atoms with E-state index in [0.717, 1.165) is 31.0 Å². The molecule has 4 nitrogen and oxygen atoms in total. The monoisotopic (exact) mass is 266 g/mol. The molecule has 0 spiro atoms. The van der Waals surface area contributed by atoms with Crippen LogP contribution in [0.15, 0.2) is 24.3 Å². The van der Waals surface area contributed by atoms with Crippen molar-refractivity contribution in [3.05, 3.63) is 29.8 Å². The first kappa shape index (κ1) is 16.0. The van der Waals surface area contributed by atoms with Crippen LogP contribution in [0.1, 0.15) is 19.4 Å². The van der Waals surface area contributed by atoms with Crippen molar-refractivity contribution in [1.29, 1.82) is 0 Å². The largest absolute Gasteiger partial charge is 0.492 e. The molecular formula is C15H26N2O2. The van der Waals surface area contributed by atoms with E-state index < -0.39 is 0 Å². The van der Waals surface area contributed by atoms with Crippen molar-refractivity contribution < 1.29 is 9.47 Å². The summed E-state index contributed by atoms with van der Waals surface area (Å²) in [5.41, 5.74) is 6.67. The van der Waals surface area contributed by atoms with Crippen LogP contribution in [0.4, 0.5) is 0 Å². The molecule has 0 aliphatic carbocycles. The number of rotatable bonds is 9. The summed E-state index contributed by atoms with van der Waals surface area (Å²) in [6, 6.07) is 7.92. The van der Waals surface area contributed by atoms with Gasteiger partial charge < -0.3 is 20.1 Å². The predicted molar refractivity (Wildman–Crippen MR) is 78.4 cm³/mol. The first-order valence-corrected chi connectivity index (χ1v) is 6.83. The zero-order valence-electron chi connectivity index (χ0n) is 12.3. The molecule has 0 atom stereocenters. The fourth-order valence-corrected chi connectivity index (χ4v) is 1.60. The Labute approximate surface area is 116 Å². The topological polar surface area (TPSA) is 47.7 Å². The average Bonchev–Trinajstić information content (AvgIpc) is 2.39. The summed E-state index contributed by atoms with van der Waals surface area (Å²) in [4.78, 5) is 2.20. The number of ether oxygens (including phenoxy) is 2. The summed E-state index contributed by atoms with van der Waals surface area (Å²) in [6.45, 7) is 7.92. The molecule has 1 rings (SSSR count). The van der Waals surface area contributed by atoms with Crippen LogP contribution in [-0.4, -0.2) is 44.4 Å². The Morgan fingerprint density at radius 3 is 2.32 bits per heavy atom. The standard InChI is InChI=1S/C15H26N2O2/c1-13(2)18-10-8-17(3)9-11-19-15-6-4-14(12-16)5-7-15/h4-7,13H,8-12,16H2,1-3H3. The van der Waals surface area contributed by atoms with Gasteiger partial charge in [-0.15, -0.1) is 0 Å². The minimum atomic E-state index is 0.297. The molecule has 0 saturated heterocycles. The molecule has 19 heavy (non-hydrogen) atoms. The van der Waals surface area contributed by atoms with Crippen molar-refractivity contribution >= 4 is 0 Å². The Hall–Kier alpha value is -1.10. The summed E-state index contributed by atoms with van der Waals surface area (Å²) >= 11 is 0. The van der Waals surface area contributed by atoms with Crippen molar-refractivity contribution in [2.75, 3.05) is 33.4 Å². The Kier molecular flexibility index (Phi) is 7.48. The number of hydrogen-bond donors (Lipinski definition) is 1. The highest BCUT2D eigenvalue weighted by Crippen LogP contribution is 2.11. The number of nitrogens with zero attached hydrogens (tertiary/aromatic N) is 1. The van der Waals surface area contributed by atoms with E-state index in [9.17, 15) is 0 Å². The molecule has 4 heteroatoms. The van der Waals surface area contributed by atoms with Crippen molar-refractivity contribution in [3.63, 3.8) is 0 Å². The highest BCUT2D eigenvalue weighted by atomic mass is 16.5. The number of benzene rings is 1. The molecule has 0 radical (unpaired) electrons. The minimum absolute atomic E-state index is 0.297. The van der Waals surface area contributed by atoms with Gasteiger partial charge in [0.25, 0.3) is 0 Å². The molecule has 2 N–H and O–H groups in total. The molecule has 0 amide bonds. The smallest absolute Gasteiger partial charge is 0.119 e. The Morgan fingerprint density at radius 1 is 1.11 bits per heavy atom. The van der Waals surface area contributed by atoms with E-state index in [-0.39, 0.29) is 0 Å². The highest BCUT2D eigenvalue weighted by Gasteiger charge is 2.00. The first-order valence-electron chi connectivity index (χ1n) is 6.83. The van der Waals surface area contributed by atoms with Crippen molar-refractivity contribution in [1.82, 2.24) is 4.90 Å². The normalized spacial score (nSPS) is 11.3. The van der Waals surface area contributed by atoms with E-state index in [1.807, 2.05) is 38.1 Å². The van der Waals surface area contributed by atoms with Crippen LogP contribution in [0, 0.1) is 0 Å². The van der Waals surface area contributed by atoms with Gasteiger partial charge >= 0.3 is 0 Å². The average molecular weight is 266 g/mol.